The summed E-state index contributed by atoms with van der Waals surface area (Å²) in [7, 11) is 2.07. The number of ether oxygens (including phenoxy) is 1. The standard InChI is InChI=1S/C45H45FN4O5/c1-28-5-3-7-31(21-28)37-27-55-41-24-34(51)10-12-36(41)43(37)32-9-13-39(38(46)23-32)49-19-16-30(17-20-49)25-48(2)18-4-6-29-8-11-35-33(22-29)26-50(45(35)54)40-14-15-42(52)47-44(40)53/h3,5,7-13,21-24,30,37,40,43,51H,14-20,25-27H2,1-2H3,(H,47,52,53)/t37-,40?,43-/m1/s1. The fourth-order valence-corrected chi connectivity index (χ4v) is 8.76. The van der Waals surface area contributed by atoms with Crippen LogP contribution in [0.2, 0.25) is 0 Å². The normalized spacial score (nSPS) is 21.1. The molecule has 0 saturated carbocycles. The number of nitrogens with one attached hydrogen (secondary N) is 1. The minimum absolute atomic E-state index is 0.00322. The van der Waals surface area contributed by atoms with Crippen LogP contribution in [-0.4, -0.2) is 78.5 Å². The predicted molar refractivity (Wildman–Crippen MR) is 208 cm³/mol. The van der Waals surface area contributed by atoms with Gasteiger partial charge in [0, 0.05) is 67.2 Å². The van der Waals surface area contributed by atoms with E-state index in [0.717, 1.165) is 65.9 Å². The molecule has 4 aliphatic heterocycles. The predicted octanol–water partition coefficient (Wildman–Crippen LogP) is 6.11. The highest BCUT2D eigenvalue weighted by molar-refractivity contribution is 6.05. The molecule has 3 amide bonds. The maximum Gasteiger partial charge on any atom is 0.255 e. The topological polar surface area (TPSA) is 102 Å². The number of halogens is 1. The van der Waals surface area contributed by atoms with Crippen molar-refractivity contribution in [2.75, 3.05) is 44.7 Å². The SMILES string of the molecule is Cc1cccc([C@H]2COc3cc(O)ccc3[C@H]2c2ccc(N3CCC(CN(C)CC#Cc4ccc5c(c4)CN(C4CCC(=O)NC4=O)C5=O)CC3)c(F)c2)c1. The van der Waals surface area contributed by atoms with Crippen molar-refractivity contribution in [2.24, 2.45) is 5.92 Å². The molecule has 0 radical (unpaired) electrons. The maximum atomic E-state index is 16.1. The summed E-state index contributed by atoms with van der Waals surface area (Å²) in [6.45, 7) is 5.86. The summed E-state index contributed by atoms with van der Waals surface area (Å²) >= 11 is 0. The van der Waals surface area contributed by atoms with Crippen LogP contribution in [0.25, 0.3) is 0 Å². The third-order valence-corrected chi connectivity index (χ3v) is 11.6. The van der Waals surface area contributed by atoms with E-state index in [-0.39, 0.29) is 41.6 Å². The van der Waals surface area contributed by atoms with E-state index >= 15 is 4.39 Å². The smallest absolute Gasteiger partial charge is 0.255 e. The lowest BCUT2D eigenvalue weighted by Crippen LogP contribution is -2.52. The number of phenols is 1. The van der Waals surface area contributed by atoms with Crippen molar-refractivity contribution in [3.05, 3.63) is 124 Å². The minimum atomic E-state index is -0.636. The lowest BCUT2D eigenvalue weighted by atomic mass is 9.75. The van der Waals surface area contributed by atoms with E-state index in [1.165, 1.54) is 0 Å². The van der Waals surface area contributed by atoms with Crippen molar-refractivity contribution in [1.82, 2.24) is 15.1 Å². The lowest BCUT2D eigenvalue weighted by molar-refractivity contribution is -0.136. The van der Waals surface area contributed by atoms with Gasteiger partial charge in [-0.3, -0.25) is 24.6 Å². The number of hydrogen-bond acceptors (Lipinski definition) is 7. The van der Waals surface area contributed by atoms with Gasteiger partial charge in [-0.2, -0.15) is 0 Å². The Hall–Kier alpha value is -5.66. The second kappa shape index (κ2) is 15.2. The number of imide groups is 1. The number of anilines is 1. The molecule has 3 atom stereocenters. The fourth-order valence-electron chi connectivity index (χ4n) is 8.76. The lowest BCUT2D eigenvalue weighted by Gasteiger charge is -2.36. The van der Waals surface area contributed by atoms with Crippen LogP contribution in [0.3, 0.4) is 0 Å². The number of aromatic hydroxyl groups is 1. The molecular formula is C45H45FN4O5. The van der Waals surface area contributed by atoms with Crippen molar-refractivity contribution in [3.63, 3.8) is 0 Å². The van der Waals surface area contributed by atoms with Gasteiger partial charge in [0.15, 0.2) is 0 Å². The average molecular weight is 741 g/mol. The number of carbonyl (C=O) groups is 3. The van der Waals surface area contributed by atoms with Gasteiger partial charge in [-0.15, -0.1) is 0 Å². The molecular weight excluding hydrogens is 696 g/mol. The van der Waals surface area contributed by atoms with Gasteiger partial charge >= 0.3 is 0 Å². The van der Waals surface area contributed by atoms with E-state index in [0.29, 0.717) is 49.0 Å². The second-order valence-electron chi connectivity index (χ2n) is 15.4. The van der Waals surface area contributed by atoms with E-state index in [4.69, 9.17) is 4.74 Å². The summed E-state index contributed by atoms with van der Waals surface area (Å²) in [6.07, 6.45) is 2.47. The number of aryl methyl sites for hydroxylation is 1. The molecule has 2 N–H and O–H groups in total. The molecule has 4 aromatic rings. The number of phenolic OH excluding ortho intramolecular Hbond substituents is 1. The number of hydrogen-bond donors (Lipinski definition) is 2. The summed E-state index contributed by atoms with van der Waals surface area (Å²) in [6, 6.07) is 24.2. The molecule has 1 unspecified atom stereocenters. The Balaban J connectivity index is 0.869. The first kappa shape index (κ1) is 36.3. The summed E-state index contributed by atoms with van der Waals surface area (Å²) in [4.78, 5) is 42.9. The fraction of sp³-hybridized carbons (Fsp3) is 0.356. The van der Waals surface area contributed by atoms with Crippen LogP contribution in [0.4, 0.5) is 10.1 Å². The Kier molecular flexibility index (Phi) is 10.1. The Labute approximate surface area is 321 Å². The number of piperidine rings is 2. The van der Waals surface area contributed by atoms with Gasteiger partial charge in [0.25, 0.3) is 5.91 Å². The van der Waals surface area contributed by atoms with Crippen LogP contribution in [0.1, 0.15) is 81.3 Å². The van der Waals surface area contributed by atoms with Crippen LogP contribution in [0, 0.1) is 30.5 Å². The third kappa shape index (κ3) is 7.54. The van der Waals surface area contributed by atoms with Crippen LogP contribution >= 0.6 is 0 Å². The van der Waals surface area contributed by atoms with Crippen molar-refractivity contribution in [3.8, 4) is 23.3 Å². The Morgan fingerprint density at radius 3 is 2.58 bits per heavy atom. The van der Waals surface area contributed by atoms with E-state index in [2.05, 4.69) is 71.3 Å². The van der Waals surface area contributed by atoms with E-state index in [9.17, 15) is 19.5 Å². The number of rotatable bonds is 7. The van der Waals surface area contributed by atoms with Gasteiger partial charge in [0.2, 0.25) is 11.8 Å². The second-order valence-corrected chi connectivity index (χ2v) is 15.4. The molecule has 9 nitrogen and oxygen atoms in total. The Morgan fingerprint density at radius 1 is 0.964 bits per heavy atom. The molecule has 4 heterocycles. The molecule has 0 spiro atoms. The largest absolute Gasteiger partial charge is 0.508 e. The van der Waals surface area contributed by atoms with Crippen molar-refractivity contribution in [1.29, 1.82) is 0 Å². The van der Waals surface area contributed by atoms with Crippen molar-refractivity contribution < 1.29 is 28.6 Å². The number of amides is 3. The molecule has 0 bridgehead atoms. The third-order valence-electron chi connectivity index (χ3n) is 11.6. The first-order valence-electron chi connectivity index (χ1n) is 19.1. The van der Waals surface area contributed by atoms with Crippen LogP contribution in [-0.2, 0) is 16.1 Å². The van der Waals surface area contributed by atoms with Gasteiger partial charge in [-0.1, -0.05) is 53.8 Å². The van der Waals surface area contributed by atoms with Gasteiger partial charge in [0.05, 0.1) is 18.8 Å². The molecule has 4 aromatic carbocycles. The molecule has 4 aliphatic rings. The van der Waals surface area contributed by atoms with Gasteiger partial charge in [-0.25, -0.2) is 4.39 Å². The summed E-state index contributed by atoms with van der Waals surface area (Å²) in [5.41, 5.74) is 7.01. The average Bonchev–Trinajstić information content (AvgIpc) is 3.49. The Bertz CT molecular complexity index is 2220. The Morgan fingerprint density at radius 2 is 1.80 bits per heavy atom. The van der Waals surface area contributed by atoms with Crippen molar-refractivity contribution >= 4 is 23.4 Å². The van der Waals surface area contributed by atoms with Crippen molar-refractivity contribution in [2.45, 2.75) is 57.0 Å². The summed E-state index contributed by atoms with van der Waals surface area (Å²) in [5.74, 6) is 6.51. The number of benzene rings is 4. The van der Waals surface area contributed by atoms with Crippen LogP contribution in [0.5, 0.6) is 11.5 Å². The minimum Gasteiger partial charge on any atom is -0.508 e. The quantitative estimate of drug-likeness (QED) is 0.174. The zero-order valence-corrected chi connectivity index (χ0v) is 31.2. The highest BCUT2D eigenvalue weighted by Gasteiger charge is 2.39. The van der Waals surface area contributed by atoms with Crippen LogP contribution < -0.4 is 15.0 Å². The number of nitrogens with zero attached hydrogens (tertiary/aromatic N) is 3. The first-order valence-corrected chi connectivity index (χ1v) is 19.1. The molecule has 10 heteroatoms. The molecule has 2 saturated heterocycles. The summed E-state index contributed by atoms with van der Waals surface area (Å²) < 4.78 is 22.2. The summed E-state index contributed by atoms with van der Waals surface area (Å²) in [5, 5.41) is 12.5. The molecule has 55 heavy (non-hydrogen) atoms. The zero-order chi connectivity index (χ0) is 38.2. The molecule has 0 aromatic heterocycles. The molecule has 8 rings (SSSR count). The van der Waals surface area contributed by atoms with Gasteiger partial charge in [-0.05, 0) is 92.2 Å². The van der Waals surface area contributed by atoms with E-state index in [1.54, 1.807) is 29.2 Å². The molecule has 282 valence electrons. The number of fused-ring (bicyclic) bond motifs is 2. The maximum absolute atomic E-state index is 16.1. The molecule has 0 aliphatic carbocycles. The van der Waals surface area contributed by atoms with Gasteiger partial charge < -0.3 is 19.6 Å². The van der Waals surface area contributed by atoms with E-state index < -0.39 is 11.9 Å². The highest BCUT2D eigenvalue weighted by atomic mass is 19.1. The van der Waals surface area contributed by atoms with Gasteiger partial charge in [0.1, 0.15) is 23.4 Å². The molecule has 2 fully saturated rings. The first-order chi connectivity index (χ1) is 26.6. The van der Waals surface area contributed by atoms with E-state index in [1.807, 2.05) is 24.3 Å². The monoisotopic (exact) mass is 740 g/mol. The number of carbonyl (C=O) groups excluding carboxylic acids is 3. The van der Waals surface area contributed by atoms with Crippen LogP contribution in [0.15, 0.2) is 78.9 Å². The zero-order valence-electron chi connectivity index (χ0n) is 31.2. The highest BCUT2D eigenvalue weighted by Crippen LogP contribution is 2.47.